The van der Waals surface area contributed by atoms with Crippen LogP contribution in [-0.4, -0.2) is 18.2 Å². The normalized spacial score (nSPS) is 11.5. The van der Waals surface area contributed by atoms with Crippen molar-refractivity contribution < 1.29 is 8.42 Å². The number of benzene rings is 2. The van der Waals surface area contributed by atoms with E-state index in [0.717, 1.165) is 11.3 Å². The predicted octanol–water partition coefficient (Wildman–Crippen LogP) is 4.00. The molecule has 1 heterocycles. The molecule has 0 fully saturated rings. The van der Waals surface area contributed by atoms with E-state index >= 15 is 0 Å². The highest BCUT2D eigenvalue weighted by Gasteiger charge is 2.19. The Kier molecular flexibility index (Phi) is 4.83. The van der Waals surface area contributed by atoms with Crippen LogP contribution >= 0.6 is 11.6 Å². The number of rotatable bonds is 5. The van der Waals surface area contributed by atoms with Gasteiger partial charge in [0.05, 0.1) is 28.5 Å². The van der Waals surface area contributed by atoms with E-state index in [0.29, 0.717) is 22.9 Å². The summed E-state index contributed by atoms with van der Waals surface area (Å²) in [6.07, 6.45) is 0. The molecule has 0 spiro atoms. The summed E-state index contributed by atoms with van der Waals surface area (Å²) in [7, 11) is -3.64. The quantitative estimate of drug-likeness (QED) is 0.733. The molecular weight excluding hydrogens is 358 g/mol. The molecule has 0 saturated heterocycles. The Morgan fingerprint density at radius 3 is 2.32 bits per heavy atom. The molecular formula is C18H18ClN3O2S. The summed E-state index contributed by atoms with van der Waals surface area (Å²) in [6.45, 7) is 4.17. The fraction of sp³-hybridized carbons (Fsp3) is 0.167. The largest absolute Gasteiger partial charge is 0.276 e. The first-order valence-electron chi connectivity index (χ1n) is 7.73. The van der Waals surface area contributed by atoms with E-state index in [9.17, 15) is 8.42 Å². The average molecular weight is 376 g/mol. The highest BCUT2D eigenvalue weighted by atomic mass is 35.5. The third-order valence-electron chi connectivity index (χ3n) is 3.92. The molecule has 3 rings (SSSR count). The van der Waals surface area contributed by atoms with Gasteiger partial charge in [-0.1, -0.05) is 41.9 Å². The van der Waals surface area contributed by atoms with Crippen LogP contribution in [0.2, 0.25) is 5.02 Å². The molecule has 25 heavy (non-hydrogen) atoms. The van der Waals surface area contributed by atoms with E-state index in [1.165, 1.54) is 0 Å². The second-order valence-corrected chi connectivity index (χ2v) is 7.87. The van der Waals surface area contributed by atoms with Crippen molar-refractivity contribution in [3.8, 4) is 0 Å². The first kappa shape index (κ1) is 17.5. The van der Waals surface area contributed by atoms with Gasteiger partial charge in [0, 0.05) is 5.02 Å². The number of anilines is 1. The zero-order valence-electron chi connectivity index (χ0n) is 13.9. The molecule has 0 amide bonds. The van der Waals surface area contributed by atoms with Crippen molar-refractivity contribution in [3.05, 3.63) is 76.6 Å². The standard InChI is InChI=1S/C18H18ClN3O2S/c1-13-18(21-25(23,24)17-6-4-3-5-7-17)14(2)22(20-13)12-15-8-10-16(19)11-9-15/h3-11,21H,12H2,1-2H3. The van der Waals surface area contributed by atoms with Crippen LogP contribution in [0.25, 0.3) is 0 Å². The molecule has 0 aliphatic carbocycles. The first-order chi connectivity index (χ1) is 11.9. The first-order valence-corrected chi connectivity index (χ1v) is 9.59. The summed E-state index contributed by atoms with van der Waals surface area (Å²) in [5, 5.41) is 5.14. The summed E-state index contributed by atoms with van der Waals surface area (Å²) < 4.78 is 29.5. The van der Waals surface area contributed by atoms with E-state index in [1.807, 2.05) is 31.2 Å². The van der Waals surface area contributed by atoms with E-state index in [4.69, 9.17) is 11.6 Å². The maximum atomic E-state index is 12.5. The molecule has 0 bridgehead atoms. The molecule has 0 aliphatic heterocycles. The molecule has 0 saturated carbocycles. The van der Waals surface area contributed by atoms with Crippen molar-refractivity contribution in [2.24, 2.45) is 0 Å². The van der Waals surface area contributed by atoms with Crippen LogP contribution in [0.5, 0.6) is 0 Å². The molecule has 0 aliphatic rings. The third-order valence-corrected chi connectivity index (χ3v) is 5.53. The minimum atomic E-state index is -3.64. The Labute approximate surface area is 152 Å². The predicted molar refractivity (Wildman–Crippen MR) is 99.5 cm³/mol. The molecule has 2 aromatic carbocycles. The van der Waals surface area contributed by atoms with Gasteiger partial charge in [0.2, 0.25) is 0 Å². The highest BCUT2D eigenvalue weighted by molar-refractivity contribution is 7.92. The number of aromatic nitrogens is 2. The zero-order chi connectivity index (χ0) is 18.0. The summed E-state index contributed by atoms with van der Waals surface area (Å²) >= 11 is 5.91. The van der Waals surface area contributed by atoms with Crippen molar-refractivity contribution in [2.75, 3.05) is 4.72 Å². The van der Waals surface area contributed by atoms with Crippen molar-refractivity contribution in [2.45, 2.75) is 25.3 Å². The SMILES string of the molecule is Cc1nn(Cc2ccc(Cl)cc2)c(C)c1NS(=O)(=O)c1ccccc1. The van der Waals surface area contributed by atoms with E-state index in [-0.39, 0.29) is 4.90 Å². The van der Waals surface area contributed by atoms with Crippen LogP contribution in [0.4, 0.5) is 5.69 Å². The zero-order valence-corrected chi connectivity index (χ0v) is 15.5. The molecule has 1 aromatic heterocycles. The van der Waals surface area contributed by atoms with Crippen molar-refractivity contribution in [3.63, 3.8) is 0 Å². The molecule has 1 N–H and O–H groups in total. The lowest BCUT2D eigenvalue weighted by Gasteiger charge is -2.09. The fourth-order valence-corrected chi connectivity index (χ4v) is 3.88. The van der Waals surface area contributed by atoms with Gasteiger partial charge in [-0.25, -0.2) is 8.42 Å². The second kappa shape index (κ2) is 6.90. The number of aryl methyl sites for hydroxylation is 1. The highest BCUT2D eigenvalue weighted by Crippen LogP contribution is 2.24. The van der Waals surface area contributed by atoms with E-state index in [1.54, 1.807) is 41.9 Å². The summed E-state index contributed by atoms with van der Waals surface area (Å²) in [6, 6.07) is 15.8. The van der Waals surface area contributed by atoms with Gasteiger partial charge in [-0.3, -0.25) is 9.40 Å². The smallest absolute Gasteiger partial charge is 0.262 e. The van der Waals surface area contributed by atoms with E-state index < -0.39 is 10.0 Å². The number of nitrogens with one attached hydrogen (secondary N) is 1. The Morgan fingerprint density at radius 1 is 1.04 bits per heavy atom. The van der Waals surface area contributed by atoms with Crippen molar-refractivity contribution in [1.82, 2.24) is 9.78 Å². The van der Waals surface area contributed by atoms with Gasteiger partial charge in [0.25, 0.3) is 10.0 Å². The Bertz CT molecular complexity index is 981. The lowest BCUT2D eigenvalue weighted by Crippen LogP contribution is -2.14. The van der Waals surface area contributed by atoms with Crippen LogP contribution in [0, 0.1) is 13.8 Å². The number of nitrogens with zero attached hydrogens (tertiary/aromatic N) is 2. The van der Waals surface area contributed by atoms with Gasteiger partial charge in [0.1, 0.15) is 0 Å². The molecule has 7 heteroatoms. The van der Waals surface area contributed by atoms with Crippen LogP contribution in [-0.2, 0) is 16.6 Å². The topological polar surface area (TPSA) is 64.0 Å². The van der Waals surface area contributed by atoms with Crippen molar-refractivity contribution >= 4 is 27.3 Å². The summed E-state index contributed by atoms with van der Waals surface area (Å²) in [4.78, 5) is 0.222. The minimum Gasteiger partial charge on any atom is -0.276 e. The van der Waals surface area contributed by atoms with Crippen LogP contribution < -0.4 is 4.72 Å². The van der Waals surface area contributed by atoms with Crippen LogP contribution in [0.1, 0.15) is 17.0 Å². The molecule has 0 radical (unpaired) electrons. The van der Waals surface area contributed by atoms with Gasteiger partial charge in [0.15, 0.2) is 0 Å². The van der Waals surface area contributed by atoms with Gasteiger partial charge in [-0.15, -0.1) is 0 Å². The van der Waals surface area contributed by atoms with Crippen LogP contribution in [0.15, 0.2) is 59.5 Å². The summed E-state index contributed by atoms with van der Waals surface area (Å²) in [5.41, 5.74) is 2.93. The number of halogens is 1. The molecule has 3 aromatic rings. The number of sulfonamides is 1. The second-order valence-electron chi connectivity index (χ2n) is 5.75. The third kappa shape index (κ3) is 3.86. The van der Waals surface area contributed by atoms with Crippen molar-refractivity contribution in [1.29, 1.82) is 0 Å². The summed E-state index contributed by atoms with van der Waals surface area (Å²) in [5.74, 6) is 0. The lowest BCUT2D eigenvalue weighted by molar-refractivity contribution is 0.601. The van der Waals surface area contributed by atoms with Crippen LogP contribution in [0.3, 0.4) is 0 Å². The molecule has 130 valence electrons. The van der Waals surface area contributed by atoms with Gasteiger partial charge in [-0.2, -0.15) is 5.10 Å². The molecule has 0 atom stereocenters. The van der Waals surface area contributed by atoms with E-state index in [2.05, 4.69) is 9.82 Å². The van der Waals surface area contributed by atoms with Gasteiger partial charge >= 0.3 is 0 Å². The Morgan fingerprint density at radius 2 is 1.68 bits per heavy atom. The maximum absolute atomic E-state index is 12.5. The van der Waals surface area contributed by atoms with Gasteiger partial charge < -0.3 is 0 Å². The maximum Gasteiger partial charge on any atom is 0.262 e. The minimum absolute atomic E-state index is 0.222. The molecule has 5 nitrogen and oxygen atoms in total. The fourth-order valence-electron chi connectivity index (χ4n) is 2.55. The Balaban J connectivity index is 1.88. The number of hydrogen-bond donors (Lipinski definition) is 1. The average Bonchev–Trinajstić information content (AvgIpc) is 2.85. The van der Waals surface area contributed by atoms with Gasteiger partial charge in [-0.05, 0) is 43.7 Å². The number of hydrogen-bond acceptors (Lipinski definition) is 3. The molecule has 0 unspecified atom stereocenters. The Hall–Kier alpha value is -2.31. The monoisotopic (exact) mass is 375 g/mol. The lowest BCUT2D eigenvalue weighted by atomic mass is 10.2.